The molecular formula is C14H24N2O2. The van der Waals surface area contributed by atoms with Crippen LogP contribution in [0.2, 0.25) is 0 Å². The van der Waals surface area contributed by atoms with E-state index in [1.807, 2.05) is 6.92 Å². The van der Waals surface area contributed by atoms with Gasteiger partial charge in [0.2, 0.25) is 0 Å². The fraction of sp³-hybridized carbons (Fsp3) is 0.786. The largest absolute Gasteiger partial charge is 0.463 e. The summed E-state index contributed by atoms with van der Waals surface area (Å²) >= 11 is 0. The van der Waals surface area contributed by atoms with E-state index in [1.165, 1.54) is 5.70 Å². The smallest absolute Gasteiger partial charge is 0.337 e. The van der Waals surface area contributed by atoms with Crippen LogP contribution in [-0.4, -0.2) is 48.7 Å². The molecule has 0 radical (unpaired) electrons. The fourth-order valence-electron chi connectivity index (χ4n) is 2.87. The maximum Gasteiger partial charge on any atom is 0.337 e. The van der Waals surface area contributed by atoms with Crippen LogP contribution in [0.15, 0.2) is 11.3 Å². The molecule has 2 aliphatic rings. The van der Waals surface area contributed by atoms with Crippen molar-refractivity contribution in [1.29, 1.82) is 0 Å². The van der Waals surface area contributed by atoms with E-state index in [-0.39, 0.29) is 5.97 Å². The van der Waals surface area contributed by atoms with Crippen LogP contribution >= 0.6 is 0 Å². The van der Waals surface area contributed by atoms with E-state index in [4.69, 9.17) is 4.74 Å². The van der Waals surface area contributed by atoms with Gasteiger partial charge in [0.25, 0.3) is 0 Å². The van der Waals surface area contributed by atoms with E-state index in [0.29, 0.717) is 12.5 Å². The molecule has 0 aromatic carbocycles. The molecule has 0 spiro atoms. The zero-order valence-electron chi connectivity index (χ0n) is 11.7. The molecule has 0 aliphatic carbocycles. The van der Waals surface area contributed by atoms with Crippen molar-refractivity contribution in [2.45, 2.75) is 33.6 Å². The highest BCUT2D eigenvalue weighted by atomic mass is 16.5. The Hall–Kier alpha value is -1.03. The van der Waals surface area contributed by atoms with Crippen LogP contribution in [0.4, 0.5) is 0 Å². The summed E-state index contributed by atoms with van der Waals surface area (Å²) in [6.45, 7) is 10.6. The monoisotopic (exact) mass is 252 g/mol. The first-order valence-corrected chi connectivity index (χ1v) is 6.98. The quantitative estimate of drug-likeness (QED) is 0.715. The summed E-state index contributed by atoms with van der Waals surface area (Å²) in [4.78, 5) is 16.7. The molecule has 0 aromatic heterocycles. The number of allylic oxidation sites excluding steroid dienone is 1. The summed E-state index contributed by atoms with van der Waals surface area (Å²) in [6, 6.07) is 0. The molecule has 4 nitrogen and oxygen atoms in total. The lowest BCUT2D eigenvalue weighted by Gasteiger charge is -2.36. The normalized spacial score (nSPS) is 20.6. The number of carbonyl (C=O) groups is 1. The summed E-state index contributed by atoms with van der Waals surface area (Å²) in [7, 11) is 0. The van der Waals surface area contributed by atoms with Gasteiger partial charge in [-0.2, -0.15) is 0 Å². The molecule has 0 atom stereocenters. The van der Waals surface area contributed by atoms with E-state index in [0.717, 1.165) is 44.7 Å². The standard InChI is InChI=1S/C14H24N2O2/c1-4-18-14(17)12-9-15(8-11(2)3)10-16-7-5-6-13(12)16/h11H,4-10H2,1-3H3. The van der Waals surface area contributed by atoms with Crippen LogP contribution in [0, 0.1) is 5.92 Å². The maximum atomic E-state index is 12.0. The second-order valence-corrected chi connectivity index (χ2v) is 5.56. The Morgan fingerprint density at radius 2 is 2.22 bits per heavy atom. The highest BCUT2D eigenvalue weighted by Gasteiger charge is 2.32. The number of esters is 1. The van der Waals surface area contributed by atoms with Gasteiger partial charge in [-0.25, -0.2) is 4.79 Å². The highest BCUT2D eigenvalue weighted by Crippen LogP contribution is 2.29. The van der Waals surface area contributed by atoms with Crippen LogP contribution in [0.5, 0.6) is 0 Å². The predicted octanol–water partition coefficient (Wildman–Crippen LogP) is 1.83. The van der Waals surface area contributed by atoms with Crippen LogP contribution in [0.3, 0.4) is 0 Å². The van der Waals surface area contributed by atoms with Crippen molar-refractivity contribution in [2.24, 2.45) is 5.92 Å². The molecule has 102 valence electrons. The zero-order chi connectivity index (χ0) is 13.1. The lowest BCUT2D eigenvalue weighted by Crippen LogP contribution is -2.44. The molecule has 2 heterocycles. The van der Waals surface area contributed by atoms with Crippen molar-refractivity contribution in [2.75, 3.05) is 32.9 Å². The van der Waals surface area contributed by atoms with Gasteiger partial charge in [0.05, 0.1) is 18.8 Å². The number of ether oxygens (including phenoxy) is 1. The summed E-state index contributed by atoms with van der Waals surface area (Å²) in [5, 5.41) is 0. The average Bonchev–Trinajstić information content (AvgIpc) is 2.75. The fourth-order valence-corrected chi connectivity index (χ4v) is 2.87. The van der Waals surface area contributed by atoms with Crippen LogP contribution in [0.25, 0.3) is 0 Å². The van der Waals surface area contributed by atoms with Crippen LogP contribution in [0.1, 0.15) is 33.6 Å². The predicted molar refractivity (Wildman–Crippen MR) is 70.9 cm³/mol. The summed E-state index contributed by atoms with van der Waals surface area (Å²) in [5.41, 5.74) is 2.12. The zero-order valence-corrected chi connectivity index (χ0v) is 11.7. The third kappa shape index (κ3) is 2.86. The SMILES string of the molecule is CCOC(=O)C1=C2CCCN2CN(CC(C)C)C1. The van der Waals surface area contributed by atoms with E-state index >= 15 is 0 Å². The average molecular weight is 252 g/mol. The Morgan fingerprint density at radius 3 is 2.89 bits per heavy atom. The lowest BCUT2D eigenvalue weighted by molar-refractivity contribution is -0.139. The molecule has 0 saturated carbocycles. The second kappa shape index (κ2) is 5.74. The van der Waals surface area contributed by atoms with Crippen LogP contribution < -0.4 is 0 Å². The van der Waals surface area contributed by atoms with Crippen molar-refractivity contribution in [3.63, 3.8) is 0 Å². The molecule has 0 N–H and O–H groups in total. The van der Waals surface area contributed by atoms with Gasteiger partial charge in [0, 0.05) is 25.3 Å². The van der Waals surface area contributed by atoms with Crippen molar-refractivity contribution < 1.29 is 9.53 Å². The maximum absolute atomic E-state index is 12.0. The third-order valence-electron chi connectivity index (χ3n) is 3.47. The second-order valence-electron chi connectivity index (χ2n) is 5.56. The lowest BCUT2D eigenvalue weighted by atomic mass is 10.1. The van der Waals surface area contributed by atoms with E-state index in [2.05, 4.69) is 23.6 Å². The topological polar surface area (TPSA) is 32.8 Å². The molecule has 18 heavy (non-hydrogen) atoms. The van der Waals surface area contributed by atoms with Gasteiger partial charge in [-0.05, 0) is 25.7 Å². The number of carbonyl (C=O) groups excluding carboxylic acids is 1. The minimum Gasteiger partial charge on any atom is -0.463 e. The molecule has 0 bridgehead atoms. The number of hydrogen-bond acceptors (Lipinski definition) is 4. The van der Waals surface area contributed by atoms with Gasteiger partial charge >= 0.3 is 5.97 Å². The van der Waals surface area contributed by atoms with Crippen molar-refractivity contribution in [3.8, 4) is 0 Å². The van der Waals surface area contributed by atoms with Gasteiger partial charge in [0.15, 0.2) is 0 Å². The first-order chi connectivity index (χ1) is 8.61. The first kappa shape index (κ1) is 13.4. The van der Waals surface area contributed by atoms with Crippen molar-refractivity contribution in [3.05, 3.63) is 11.3 Å². The van der Waals surface area contributed by atoms with E-state index < -0.39 is 0 Å². The molecule has 1 saturated heterocycles. The molecule has 2 rings (SSSR count). The highest BCUT2D eigenvalue weighted by molar-refractivity contribution is 5.90. The van der Waals surface area contributed by atoms with E-state index in [1.54, 1.807) is 0 Å². The molecule has 2 aliphatic heterocycles. The van der Waals surface area contributed by atoms with Gasteiger partial charge in [0.1, 0.15) is 0 Å². The van der Waals surface area contributed by atoms with E-state index in [9.17, 15) is 4.79 Å². The number of rotatable bonds is 4. The minimum absolute atomic E-state index is 0.118. The molecule has 4 heteroatoms. The molecule has 0 aromatic rings. The Labute approximate surface area is 110 Å². The summed E-state index contributed by atoms with van der Waals surface area (Å²) < 4.78 is 5.19. The molecular weight excluding hydrogens is 228 g/mol. The number of hydrogen-bond donors (Lipinski definition) is 0. The molecule has 0 amide bonds. The minimum atomic E-state index is -0.118. The van der Waals surface area contributed by atoms with Crippen molar-refractivity contribution >= 4 is 5.97 Å². The number of fused-ring (bicyclic) bond motifs is 1. The Kier molecular flexibility index (Phi) is 4.27. The Morgan fingerprint density at radius 1 is 1.44 bits per heavy atom. The van der Waals surface area contributed by atoms with Gasteiger partial charge in [-0.15, -0.1) is 0 Å². The summed E-state index contributed by atoms with van der Waals surface area (Å²) in [5.74, 6) is 0.505. The van der Waals surface area contributed by atoms with Crippen LogP contribution in [-0.2, 0) is 9.53 Å². The summed E-state index contributed by atoms with van der Waals surface area (Å²) in [6.07, 6.45) is 2.19. The molecule has 0 unspecified atom stereocenters. The third-order valence-corrected chi connectivity index (χ3v) is 3.47. The Bertz CT molecular complexity index is 350. The molecule has 1 fully saturated rings. The van der Waals surface area contributed by atoms with Gasteiger partial charge in [-0.1, -0.05) is 13.8 Å². The first-order valence-electron chi connectivity index (χ1n) is 6.98. The Balaban J connectivity index is 2.14. The van der Waals surface area contributed by atoms with Gasteiger partial charge < -0.3 is 9.64 Å². The van der Waals surface area contributed by atoms with Crippen molar-refractivity contribution in [1.82, 2.24) is 9.80 Å². The number of nitrogens with zero attached hydrogens (tertiary/aromatic N) is 2. The van der Waals surface area contributed by atoms with Gasteiger partial charge in [-0.3, -0.25) is 4.90 Å².